The van der Waals surface area contributed by atoms with Crippen LogP contribution in [0.25, 0.3) is 0 Å². The second kappa shape index (κ2) is 8.22. The Labute approximate surface area is 138 Å². The Morgan fingerprint density at radius 2 is 1.96 bits per heavy atom. The number of amides is 1. The van der Waals surface area contributed by atoms with E-state index in [1.165, 1.54) is 19.2 Å². The Morgan fingerprint density at radius 1 is 1.29 bits per heavy atom. The topological polar surface area (TPSA) is 81.7 Å². The molecule has 136 valence electrons. The summed E-state index contributed by atoms with van der Waals surface area (Å²) in [6.45, 7) is 1.99. The number of hydrogen-bond donors (Lipinski definition) is 1. The van der Waals surface area contributed by atoms with Crippen molar-refractivity contribution in [3.63, 3.8) is 0 Å². The van der Waals surface area contributed by atoms with Crippen LogP contribution >= 0.6 is 0 Å². The van der Waals surface area contributed by atoms with Gasteiger partial charge in [-0.1, -0.05) is 6.92 Å². The third-order valence-corrected chi connectivity index (χ3v) is 3.98. The number of carbonyl (C=O) groups is 1. The summed E-state index contributed by atoms with van der Waals surface area (Å²) in [4.78, 5) is 11.1. The number of ether oxygens (including phenoxy) is 1. The molecule has 0 atom stereocenters. The van der Waals surface area contributed by atoms with Crippen LogP contribution in [-0.4, -0.2) is 33.5 Å². The van der Waals surface area contributed by atoms with Gasteiger partial charge in [0.25, 0.3) is 0 Å². The molecule has 0 heterocycles. The lowest BCUT2D eigenvalue weighted by Crippen LogP contribution is -2.28. The van der Waals surface area contributed by atoms with Gasteiger partial charge in [-0.25, -0.2) is 0 Å². The van der Waals surface area contributed by atoms with Crippen LogP contribution in [0.1, 0.15) is 25.3 Å². The van der Waals surface area contributed by atoms with Crippen LogP contribution in [0, 0.1) is 0 Å². The van der Waals surface area contributed by atoms with Crippen molar-refractivity contribution in [1.29, 1.82) is 0 Å². The molecule has 0 aliphatic heterocycles. The number of carbonyl (C=O) groups excluding carboxylic acids is 1. The molecule has 1 rings (SSSR count). The highest BCUT2D eigenvalue weighted by Gasteiger charge is 2.48. The van der Waals surface area contributed by atoms with Crippen LogP contribution in [0.15, 0.2) is 18.2 Å². The van der Waals surface area contributed by atoms with Gasteiger partial charge in [0.1, 0.15) is 11.5 Å². The summed E-state index contributed by atoms with van der Waals surface area (Å²) >= 11 is 0. The summed E-state index contributed by atoms with van der Waals surface area (Å²) < 4.78 is 68.8. The van der Waals surface area contributed by atoms with Gasteiger partial charge in [-0.05, 0) is 36.6 Å². The predicted octanol–water partition coefficient (Wildman–Crippen LogP) is 2.38. The summed E-state index contributed by atoms with van der Waals surface area (Å²) in [5, 5.41) is 2.61. The molecule has 0 saturated carbocycles. The molecule has 1 aromatic carbocycles. The Hall–Kier alpha value is -1.97. The van der Waals surface area contributed by atoms with Crippen LogP contribution in [0.3, 0.4) is 0 Å². The Kier molecular flexibility index (Phi) is 6.88. The van der Waals surface area contributed by atoms with Gasteiger partial charge < -0.3 is 14.2 Å². The lowest BCUT2D eigenvalue weighted by atomic mass is 10.1. The first-order chi connectivity index (χ1) is 11.1. The lowest BCUT2D eigenvalue weighted by molar-refractivity contribution is -0.120. The fourth-order valence-corrected chi connectivity index (χ4v) is 2.25. The zero-order valence-electron chi connectivity index (χ0n) is 13.1. The normalized spacial score (nSPS) is 11.9. The SMILES string of the molecule is CCC(=O)NCCCc1cc(OC)ccc1OS(=O)(=O)C(F)(F)F. The first-order valence-corrected chi connectivity index (χ1v) is 8.46. The van der Waals surface area contributed by atoms with Gasteiger partial charge in [0.05, 0.1) is 7.11 Å². The lowest BCUT2D eigenvalue weighted by Gasteiger charge is -2.14. The van der Waals surface area contributed by atoms with Crippen molar-refractivity contribution in [3.05, 3.63) is 23.8 Å². The number of rotatable bonds is 8. The number of halogens is 3. The second-order valence-corrected chi connectivity index (χ2v) is 6.30. The number of hydrogen-bond acceptors (Lipinski definition) is 5. The van der Waals surface area contributed by atoms with Crippen LogP contribution < -0.4 is 14.2 Å². The maximum absolute atomic E-state index is 12.4. The average molecular weight is 369 g/mol. The largest absolute Gasteiger partial charge is 0.534 e. The monoisotopic (exact) mass is 369 g/mol. The van der Waals surface area contributed by atoms with E-state index in [1.54, 1.807) is 6.92 Å². The first kappa shape index (κ1) is 20.1. The Bertz CT molecular complexity index is 673. The maximum atomic E-state index is 12.4. The molecular formula is C14H18F3NO5S. The molecule has 0 aliphatic rings. The minimum atomic E-state index is -5.75. The van der Waals surface area contributed by atoms with Crippen molar-refractivity contribution in [2.45, 2.75) is 31.7 Å². The molecule has 10 heteroatoms. The molecule has 1 aromatic rings. The highest BCUT2D eigenvalue weighted by atomic mass is 32.2. The van der Waals surface area contributed by atoms with Crippen molar-refractivity contribution in [2.24, 2.45) is 0 Å². The Morgan fingerprint density at radius 3 is 2.50 bits per heavy atom. The average Bonchev–Trinajstić information content (AvgIpc) is 2.51. The van der Waals surface area contributed by atoms with Crippen LogP contribution in [-0.2, 0) is 21.3 Å². The number of aryl methyl sites for hydroxylation is 1. The minimum absolute atomic E-state index is 0.156. The fourth-order valence-electron chi connectivity index (χ4n) is 1.76. The molecule has 0 unspecified atom stereocenters. The van der Waals surface area contributed by atoms with Gasteiger partial charge in [0.2, 0.25) is 5.91 Å². The van der Waals surface area contributed by atoms with E-state index >= 15 is 0 Å². The molecule has 0 aromatic heterocycles. The number of nitrogens with one attached hydrogen (secondary N) is 1. The zero-order chi connectivity index (χ0) is 18.4. The minimum Gasteiger partial charge on any atom is -0.497 e. The van der Waals surface area contributed by atoms with Crippen molar-refractivity contribution in [1.82, 2.24) is 5.32 Å². The standard InChI is InChI=1S/C14H18F3NO5S/c1-3-13(19)18-8-4-5-10-9-11(22-2)6-7-12(10)23-24(20,21)14(15,16)17/h6-7,9H,3-5,8H2,1-2H3,(H,18,19). The zero-order valence-corrected chi connectivity index (χ0v) is 14.0. The van der Waals surface area contributed by atoms with E-state index in [0.29, 0.717) is 25.1 Å². The fraction of sp³-hybridized carbons (Fsp3) is 0.500. The highest BCUT2D eigenvalue weighted by Crippen LogP contribution is 2.31. The third-order valence-electron chi connectivity index (χ3n) is 3.02. The Balaban J connectivity index is 2.90. The molecular weight excluding hydrogens is 351 g/mol. The number of benzene rings is 1. The summed E-state index contributed by atoms with van der Waals surface area (Å²) in [7, 11) is -4.38. The molecule has 0 aliphatic carbocycles. The molecule has 0 radical (unpaired) electrons. The van der Waals surface area contributed by atoms with Gasteiger partial charge in [0.15, 0.2) is 0 Å². The quantitative estimate of drug-likeness (QED) is 0.432. The predicted molar refractivity (Wildman–Crippen MR) is 80.2 cm³/mol. The van der Waals surface area contributed by atoms with Gasteiger partial charge in [0, 0.05) is 13.0 Å². The van der Waals surface area contributed by atoms with Gasteiger partial charge >= 0.3 is 15.6 Å². The number of alkyl halides is 3. The molecule has 1 N–H and O–H groups in total. The first-order valence-electron chi connectivity index (χ1n) is 7.05. The van der Waals surface area contributed by atoms with E-state index in [9.17, 15) is 26.4 Å². The van der Waals surface area contributed by atoms with Crippen molar-refractivity contribution in [2.75, 3.05) is 13.7 Å². The van der Waals surface area contributed by atoms with Crippen molar-refractivity contribution < 1.29 is 35.3 Å². The third kappa shape index (κ3) is 5.59. The van der Waals surface area contributed by atoms with E-state index in [1.807, 2.05) is 0 Å². The summed E-state index contributed by atoms with van der Waals surface area (Å²) in [5.74, 6) is -0.231. The smallest absolute Gasteiger partial charge is 0.497 e. The van der Waals surface area contributed by atoms with E-state index in [2.05, 4.69) is 9.50 Å². The maximum Gasteiger partial charge on any atom is 0.534 e. The van der Waals surface area contributed by atoms with E-state index in [-0.39, 0.29) is 17.9 Å². The highest BCUT2D eigenvalue weighted by molar-refractivity contribution is 7.88. The van der Waals surface area contributed by atoms with E-state index in [4.69, 9.17) is 4.74 Å². The van der Waals surface area contributed by atoms with E-state index in [0.717, 1.165) is 6.07 Å². The molecule has 6 nitrogen and oxygen atoms in total. The molecule has 0 spiro atoms. The van der Waals surface area contributed by atoms with Gasteiger partial charge in [-0.15, -0.1) is 0 Å². The molecule has 1 amide bonds. The van der Waals surface area contributed by atoms with Gasteiger partial charge in [-0.3, -0.25) is 4.79 Å². The molecule has 24 heavy (non-hydrogen) atoms. The molecule has 0 fully saturated rings. The number of methoxy groups -OCH3 is 1. The van der Waals surface area contributed by atoms with Crippen LogP contribution in [0.4, 0.5) is 13.2 Å². The second-order valence-electron chi connectivity index (χ2n) is 4.76. The molecule has 0 saturated heterocycles. The van der Waals surface area contributed by atoms with Gasteiger partial charge in [-0.2, -0.15) is 21.6 Å². The summed E-state index contributed by atoms with van der Waals surface area (Å²) in [6.07, 6.45) is 0.905. The van der Waals surface area contributed by atoms with Crippen molar-refractivity contribution in [3.8, 4) is 11.5 Å². The van der Waals surface area contributed by atoms with Crippen LogP contribution in [0.2, 0.25) is 0 Å². The summed E-state index contributed by atoms with van der Waals surface area (Å²) in [5.41, 5.74) is -5.29. The van der Waals surface area contributed by atoms with Crippen molar-refractivity contribution >= 4 is 16.0 Å². The summed E-state index contributed by atoms with van der Waals surface area (Å²) in [6, 6.07) is 3.79. The molecule has 0 bridgehead atoms. The van der Waals surface area contributed by atoms with Crippen LogP contribution in [0.5, 0.6) is 11.5 Å². The van der Waals surface area contributed by atoms with E-state index < -0.39 is 21.4 Å².